The number of benzene rings is 2. The third-order valence-corrected chi connectivity index (χ3v) is 3.31. The molecule has 25 heavy (non-hydrogen) atoms. The minimum absolute atomic E-state index is 0. The Morgan fingerprint density at radius 3 is 2.40 bits per heavy atom. The molecule has 2 N–H and O–H groups in total. The smallest absolute Gasteiger partial charge is 0.859 e. The number of aromatic amines is 1. The molecule has 7 nitrogen and oxygen atoms in total. The minimum atomic E-state index is -0.834. The van der Waals surface area contributed by atoms with Crippen LogP contribution in [0.25, 0.3) is 5.69 Å². The number of nitrogens with zero attached hydrogens (tertiary/aromatic N) is 1. The molecule has 3 rings (SSSR count). The second-order valence-corrected chi connectivity index (χ2v) is 4.98. The maximum atomic E-state index is 12.2. The number of carbonyl (C=O) groups is 1. The summed E-state index contributed by atoms with van der Waals surface area (Å²) in [6, 6.07) is 15.6. The minimum Gasteiger partial charge on any atom is -0.859 e. The third-order valence-electron chi connectivity index (χ3n) is 3.31. The molecule has 0 bridgehead atoms. The van der Waals surface area contributed by atoms with Gasteiger partial charge in [0.2, 0.25) is 0 Å². The molecule has 2 aromatic carbocycles. The molecule has 0 atom stereocenters. The maximum absolute atomic E-state index is 12.2. The van der Waals surface area contributed by atoms with Gasteiger partial charge >= 0.3 is 35.2 Å². The van der Waals surface area contributed by atoms with Crippen LogP contribution in [0.1, 0.15) is 10.4 Å². The second kappa shape index (κ2) is 7.98. The van der Waals surface area contributed by atoms with E-state index in [1.165, 1.54) is 12.1 Å². The van der Waals surface area contributed by atoms with E-state index in [2.05, 4.69) is 5.32 Å². The van der Waals surface area contributed by atoms with Crippen molar-refractivity contribution in [2.75, 3.05) is 5.32 Å². The molecular weight excluding hydrogens is 333 g/mol. The Bertz CT molecular complexity index is 1010. The zero-order chi connectivity index (χ0) is 17.1. The Morgan fingerprint density at radius 2 is 1.72 bits per heavy atom. The molecule has 0 aliphatic carbocycles. The van der Waals surface area contributed by atoms with Crippen molar-refractivity contribution in [2.45, 2.75) is 0 Å². The summed E-state index contributed by atoms with van der Waals surface area (Å²) in [4.78, 5) is 37.2. The van der Waals surface area contributed by atoms with Crippen LogP contribution in [-0.2, 0) is 0 Å². The fraction of sp³-hybridized carbons (Fsp3) is 0. The van der Waals surface area contributed by atoms with Crippen molar-refractivity contribution in [3.63, 3.8) is 0 Å². The second-order valence-electron chi connectivity index (χ2n) is 4.98. The van der Waals surface area contributed by atoms with Crippen LogP contribution in [-0.4, -0.2) is 15.5 Å². The molecule has 0 saturated carbocycles. The Kier molecular flexibility index (Phi) is 5.97. The molecule has 1 amide bonds. The average Bonchev–Trinajstić information content (AvgIpc) is 2.55. The Balaban J connectivity index is 0.00000225. The zero-order valence-corrected chi connectivity index (χ0v) is 15.4. The molecule has 120 valence electrons. The first-order chi connectivity index (χ1) is 11.5. The monoisotopic (exact) mass is 345 g/mol. The van der Waals surface area contributed by atoms with Gasteiger partial charge in [-0.05, 0) is 36.2 Å². The quantitative estimate of drug-likeness (QED) is 0.528. The summed E-state index contributed by atoms with van der Waals surface area (Å²) in [6.07, 6.45) is 0. The van der Waals surface area contributed by atoms with E-state index in [-0.39, 0.29) is 41.2 Å². The van der Waals surface area contributed by atoms with E-state index >= 15 is 0 Å². The first-order valence-corrected chi connectivity index (χ1v) is 7.05. The first-order valence-electron chi connectivity index (χ1n) is 7.05. The summed E-state index contributed by atoms with van der Waals surface area (Å²) in [5, 5.41) is 14.6. The zero-order valence-electron chi connectivity index (χ0n) is 13.4. The summed E-state index contributed by atoms with van der Waals surface area (Å²) in [6.45, 7) is 0. The van der Waals surface area contributed by atoms with E-state index in [1.807, 2.05) is 4.98 Å². The van der Waals surface area contributed by atoms with Crippen LogP contribution in [0.3, 0.4) is 0 Å². The Morgan fingerprint density at radius 1 is 1.00 bits per heavy atom. The van der Waals surface area contributed by atoms with Gasteiger partial charge in [-0.25, -0.2) is 4.79 Å². The number of amides is 1. The molecule has 0 fully saturated rings. The van der Waals surface area contributed by atoms with Gasteiger partial charge in [0.25, 0.3) is 11.5 Å². The number of carbonyl (C=O) groups excluding carboxylic acids is 1. The number of H-pyrrole nitrogens is 1. The fourth-order valence-electron chi connectivity index (χ4n) is 2.23. The van der Waals surface area contributed by atoms with Crippen molar-refractivity contribution in [1.82, 2.24) is 9.55 Å². The van der Waals surface area contributed by atoms with Crippen molar-refractivity contribution in [1.29, 1.82) is 0 Å². The largest absolute Gasteiger partial charge is 1.00 e. The molecule has 8 heteroatoms. The van der Waals surface area contributed by atoms with Crippen LogP contribution in [0, 0.1) is 0 Å². The van der Waals surface area contributed by atoms with E-state index in [9.17, 15) is 19.5 Å². The Hall–Kier alpha value is -2.61. The van der Waals surface area contributed by atoms with Crippen LogP contribution < -0.4 is 51.2 Å². The summed E-state index contributed by atoms with van der Waals surface area (Å²) in [5.41, 5.74) is -0.451. The number of hydrogen-bond acceptors (Lipinski definition) is 4. The maximum Gasteiger partial charge on any atom is 1.00 e. The van der Waals surface area contributed by atoms with E-state index in [1.54, 1.807) is 42.5 Å². The van der Waals surface area contributed by atoms with Crippen LogP contribution in [0.5, 0.6) is 5.88 Å². The molecular formula is C17H12N3NaO4. The van der Waals surface area contributed by atoms with Crippen molar-refractivity contribution < 1.29 is 39.5 Å². The summed E-state index contributed by atoms with van der Waals surface area (Å²) < 4.78 is 0.819. The third kappa shape index (κ3) is 4.27. The molecule has 0 aliphatic rings. The molecule has 0 spiro atoms. The summed E-state index contributed by atoms with van der Waals surface area (Å²) in [5.74, 6) is -1.06. The van der Waals surface area contributed by atoms with Gasteiger partial charge in [-0.3, -0.25) is 19.1 Å². The SMILES string of the molecule is O=C(Nc1cccc(-n2c([O-])cc(=O)[nH]c2=O)c1)c1ccccc1.[Na+]. The first kappa shape index (κ1) is 18.7. The van der Waals surface area contributed by atoms with Gasteiger partial charge in [0, 0.05) is 17.3 Å². The molecule has 0 unspecified atom stereocenters. The van der Waals surface area contributed by atoms with Crippen molar-refractivity contribution in [2.24, 2.45) is 0 Å². The number of hydrogen-bond donors (Lipinski definition) is 2. The van der Waals surface area contributed by atoms with Gasteiger partial charge in [-0.15, -0.1) is 0 Å². The topological polar surface area (TPSA) is 107 Å². The fourth-order valence-corrected chi connectivity index (χ4v) is 2.23. The van der Waals surface area contributed by atoms with E-state index in [0.717, 1.165) is 10.6 Å². The van der Waals surface area contributed by atoms with Crippen molar-refractivity contribution in [3.8, 4) is 11.6 Å². The number of rotatable bonds is 3. The van der Waals surface area contributed by atoms with E-state index in [4.69, 9.17) is 0 Å². The van der Waals surface area contributed by atoms with Crippen LogP contribution >= 0.6 is 0 Å². The van der Waals surface area contributed by atoms with Crippen LogP contribution in [0.15, 0.2) is 70.3 Å². The number of nitrogens with one attached hydrogen (secondary N) is 2. The van der Waals surface area contributed by atoms with Gasteiger partial charge < -0.3 is 10.4 Å². The number of anilines is 1. The van der Waals surface area contributed by atoms with Crippen molar-refractivity contribution >= 4 is 11.6 Å². The normalized spacial score (nSPS) is 9.92. The molecule has 1 aromatic heterocycles. The van der Waals surface area contributed by atoms with Gasteiger partial charge in [-0.2, -0.15) is 0 Å². The van der Waals surface area contributed by atoms with Crippen molar-refractivity contribution in [3.05, 3.63) is 87.1 Å². The standard InChI is InChI=1S/C17H13N3O4.Na/c21-14-10-15(22)20(17(24)19-14)13-8-4-7-12(9-13)18-16(23)11-5-2-1-3-6-11;/h1-10,22H,(H,18,23)(H,19,21,24);/q;+1/p-1. The molecule has 1 heterocycles. The van der Waals surface area contributed by atoms with Gasteiger partial charge in [0.15, 0.2) is 0 Å². The molecule has 0 radical (unpaired) electrons. The predicted octanol–water partition coefficient (Wildman–Crippen LogP) is -2.14. The van der Waals surface area contributed by atoms with Crippen LogP contribution in [0.4, 0.5) is 5.69 Å². The average molecular weight is 345 g/mol. The van der Waals surface area contributed by atoms with Gasteiger partial charge in [0.05, 0.1) is 5.69 Å². The molecule has 0 saturated heterocycles. The molecule has 0 aliphatic heterocycles. The van der Waals surface area contributed by atoms with E-state index < -0.39 is 17.1 Å². The van der Waals surface area contributed by atoms with Crippen LogP contribution in [0.2, 0.25) is 0 Å². The summed E-state index contributed by atoms with van der Waals surface area (Å²) >= 11 is 0. The van der Waals surface area contributed by atoms with E-state index in [0.29, 0.717) is 11.3 Å². The molecule has 3 aromatic rings. The summed E-state index contributed by atoms with van der Waals surface area (Å²) in [7, 11) is 0. The predicted molar refractivity (Wildman–Crippen MR) is 86.5 cm³/mol. The van der Waals surface area contributed by atoms with Gasteiger partial charge in [-0.1, -0.05) is 24.3 Å². The Labute approximate surface area is 164 Å². The number of aromatic nitrogens is 2. The van der Waals surface area contributed by atoms with Gasteiger partial charge in [0.1, 0.15) is 0 Å².